The Morgan fingerprint density at radius 2 is 1.96 bits per heavy atom. The van der Waals surface area contributed by atoms with Gasteiger partial charge in [0.05, 0.1) is 4.90 Å². The van der Waals surface area contributed by atoms with E-state index in [1.54, 1.807) is 26.0 Å². The van der Waals surface area contributed by atoms with Gasteiger partial charge in [-0.2, -0.15) is 4.72 Å². The fraction of sp³-hybridized carbons (Fsp3) is 0.467. The maximum absolute atomic E-state index is 12.2. The number of hydrogen-bond donors (Lipinski definition) is 2. The highest BCUT2D eigenvalue weighted by molar-refractivity contribution is 7.89. The van der Waals surface area contributed by atoms with Gasteiger partial charge in [-0.1, -0.05) is 12.1 Å². The Kier molecular flexibility index (Phi) is 5.38. The average Bonchev–Trinajstić information content (AvgIpc) is 3.29. The minimum Gasteiger partial charge on any atom is -0.455 e. The Morgan fingerprint density at radius 1 is 1.26 bits per heavy atom. The Labute approximate surface area is 135 Å². The van der Waals surface area contributed by atoms with E-state index in [4.69, 9.17) is 4.74 Å². The summed E-state index contributed by atoms with van der Waals surface area (Å²) in [4.78, 5) is 23.0. The zero-order valence-electron chi connectivity index (χ0n) is 13.1. The minimum atomic E-state index is -3.81. The lowest BCUT2D eigenvalue weighted by molar-refractivity contribution is -0.147. The Balaban J connectivity index is 1.84. The van der Waals surface area contributed by atoms with Crippen LogP contribution >= 0.6 is 0 Å². The summed E-state index contributed by atoms with van der Waals surface area (Å²) in [6.45, 7) is 2.53. The molecule has 0 spiro atoms. The number of aryl methyl sites for hydroxylation is 2. The standard InChI is InChI=1S/C15H20N2O5S/c1-10-3-4-11(2)13(7-10)23(20,21)16-8-15(19)22-9-14(18)17-12-5-6-12/h3-4,7,12,16H,5-6,8-9H2,1-2H3,(H,17,18). The predicted molar refractivity (Wildman–Crippen MR) is 83.2 cm³/mol. The Morgan fingerprint density at radius 3 is 2.61 bits per heavy atom. The van der Waals surface area contributed by atoms with Gasteiger partial charge in [0.2, 0.25) is 10.0 Å². The number of carbonyl (C=O) groups is 2. The molecule has 1 aliphatic rings. The van der Waals surface area contributed by atoms with Gasteiger partial charge in [0, 0.05) is 6.04 Å². The number of hydrogen-bond acceptors (Lipinski definition) is 5. The average molecular weight is 340 g/mol. The van der Waals surface area contributed by atoms with E-state index in [0.29, 0.717) is 5.56 Å². The summed E-state index contributed by atoms with van der Waals surface area (Å²) in [5.74, 6) is -1.18. The van der Waals surface area contributed by atoms with Gasteiger partial charge in [0.1, 0.15) is 6.54 Å². The van der Waals surface area contributed by atoms with Crippen LogP contribution in [0.1, 0.15) is 24.0 Å². The number of sulfonamides is 1. The molecule has 0 aromatic heterocycles. The first-order chi connectivity index (χ1) is 10.8. The minimum absolute atomic E-state index is 0.122. The molecule has 2 rings (SSSR count). The van der Waals surface area contributed by atoms with Gasteiger partial charge in [-0.25, -0.2) is 8.42 Å². The normalized spacial score (nSPS) is 14.3. The molecule has 1 aliphatic carbocycles. The molecule has 126 valence electrons. The van der Waals surface area contributed by atoms with Crippen LogP contribution in [0.25, 0.3) is 0 Å². The van der Waals surface area contributed by atoms with E-state index in [9.17, 15) is 18.0 Å². The lowest BCUT2D eigenvalue weighted by Crippen LogP contribution is -2.34. The van der Waals surface area contributed by atoms with Crippen molar-refractivity contribution in [2.24, 2.45) is 0 Å². The van der Waals surface area contributed by atoms with Crippen molar-refractivity contribution in [2.45, 2.75) is 37.6 Å². The first kappa shape index (κ1) is 17.4. The second-order valence-electron chi connectivity index (χ2n) is 5.60. The molecule has 23 heavy (non-hydrogen) atoms. The number of carbonyl (C=O) groups excluding carboxylic acids is 2. The van der Waals surface area contributed by atoms with Gasteiger partial charge in [0.15, 0.2) is 6.61 Å². The molecule has 2 N–H and O–H groups in total. The van der Waals surface area contributed by atoms with Crippen molar-refractivity contribution in [1.29, 1.82) is 0 Å². The Hall–Kier alpha value is -1.93. The topological polar surface area (TPSA) is 102 Å². The van der Waals surface area contributed by atoms with Crippen LogP contribution in [-0.2, 0) is 24.3 Å². The van der Waals surface area contributed by atoms with Crippen molar-refractivity contribution in [3.8, 4) is 0 Å². The van der Waals surface area contributed by atoms with Crippen molar-refractivity contribution < 1.29 is 22.7 Å². The number of esters is 1. The SMILES string of the molecule is Cc1ccc(C)c(S(=O)(=O)NCC(=O)OCC(=O)NC2CC2)c1. The number of ether oxygens (including phenoxy) is 1. The summed E-state index contributed by atoms with van der Waals surface area (Å²) >= 11 is 0. The molecule has 0 heterocycles. The maximum Gasteiger partial charge on any atom is 0.321 e. The molecule has 1 amide bonds. The molecule has 7 nitrogen and oxygen atoms in total. The van der Waals surface area contributed by atoms with Gasteiger partial charge in [0.25, 0.3) is 5.91 Å². The van der Waals surface area contributed by atoms with Crippen molar-refractivity contribution in [2.75, 3.05) is 13.2 Å². The molecule has 1 fully saturated rings. The molecule has 8 heteroatoms. The van der Waals surface area contributed by atoms with E-state index < -0.39 is 29.1 Å². The van der Waals surface area contributed by atoms with E-state index in [2.05, 4.69) is 10.0 Å². The first-order valence-electron chi connectivity index (χ1n) is 7.30. The third kappa shape index (κ3) is 5.33. The number of benzene rings is 1. The van der Waals surface area contributed by atoms with E-state index in [1.165, 1.54) is 6.07 Å². The molecule has 1 aromatic rings. The van der Waals surface area contributed by atoms with Crippen LogP contribution < -0.4 is 10.0 Å². The zero-order chi connectivity index (χ0) is 17.0. The summed E-state index contributed by atoms with van der Waals surface area (Å²) in [5.41, 5.74) is 1.38. The molecule has 0 radical (unpaired) electrons. The van der Waals surface area contributed by atoms with Gasteiger partial charge >= 0.3 is 5.97 Å². The predicted octanol–water partition coefficient (Wildman–Crippen LogP) is 0.404. The maximum atomic E-state index is 12.2. The summed E-state index contributed by atoms with van der Waals surface area (Å²) in [7, 11) is -3.81. The Bertz CT molecular complexity index is 711. The molecular formula is C15H20N2O5S. The smallest absolute Gasteiger partial charge is 0.321 e. The first-order valence-corrected chi connectivity index (χ1v) is 8.78. The van der Waals surface area contributed by atoms with E-state index in [1.807, 2.05) is 0 Å². The third-order valence-corrected chi connectivity index (χ3v) is 4.89. The van der Waals surface area contributed by atoms with Crippen LogP contribution in [-0.4, -0.2) is 39.5 Å². The van der Waals surface area contributed by atoms with Crippen LogP contribution in [0.4, 0.5) is 0 Å². The molecule has 0 bridgehead atoms. The molecule has 0 saturated heterocycles. The van der Waals surface area contributed by atoms with E-state index in [0.717, 1.165) is 18.4 Å². The van der Waals surface area contributed by atoms with Crippen molar-refractivity contribution in [1.82, 2.24) is 10.0 Å². The van der Waals surface area contributed by atoms with Gasteiger partial charge in [-0.3, -0.25) is 9.59 Å². The summed E-state index contributed by atoms with van der Waals surface area (Å²) in [6, 6.07) is 5.22. The quantitative estimate of drug-likeness (QED) is 0.700. The summed E-state index contributed by atoms with van der Waals surface area (Å²) < 4.78 is 31.3. The molecule has 0 atom stereocenters. The monoisotopic (exact) mass is 340 g/mol. The van der Waals surface area contributed by atoms with Crippen LogP contribution in [0, 0.1) is 13.8 Å². The third-order valence-electron chi connectivity index (χ3n) is 3.35. The van der Waals surface area contributed by atoms with Crippen LogP contribution in [0.3, 0.4) is 0 Å². The lowest BCUT2D eigenvalue weighted by atomic mass is 10.2. The summed E-state index contributed by atoms with van der Waals surface area (Å²) in [6.07, 6.45) is 1.88. The van der Waals surface area contributed by atoms with Gasteiger partial charge in [-0.05, 0) is 43.9 Å². The van der Waals surface area contributed by atoms with E-state index >= 15 is 0 Å². The van der Waals surface area contributed by atoms with Crippen molar-refractivity contribution >= 4 is 21.9 Å². The number of nitrogens with one attached hydrogen (secondary N) is 2. The van der Waals surface area contributed by atoms with Gasteiger partial charge in [-0.15, -0.1) is 0 Å². The lowest BCUT2D eigenvalue weighted by Gasteiger charge is -2.10. The van der Waals surface area contributed by atoms with E-state index in [-0.39, 0.29) is 16.8 Å². The molecule has 0 aliphatic heterocycles. The molecule has 1 saturated carbocycles. The van der Waals surface area contributed by atoms with Crippen molar-refractivity contribution in [3.05, 3.63) is 29.3 Å². The van der Waals surface area contributed by atoms with Crippen LogP contribution in [0.2, 0.25) is 0 Å². The van der Waals surface area contributed by atoms with Crippen LogP contribution in [0.15, 0.2) is 23.1 Å². The van der Waals surface area contributed by atoms with Crippen molar-refractivity contribution in [3.63, 3.8) is 0 Å². The fourth-order valence-corrected chi connectivity index (χ4v) is 3.22. The number of amides is 1. The largest absolute Gasteiger partial charge is 0.455 e. The highest BCUT2D eigenvalue weighted by atomic mass is 32.2. The highest BCUT2D eigenvalue weighted by Crippen LogP contribution is 2.18. The second kappa shape index (κ2) is 7.10. The zero-order valence-corrected chi connectivity index (χ0v) is 13.9. The molecular weight excluding hydrogens is 320 g/mol. The second-order valence-corrected chi connectivity index (χ2v) is 7.33. The van der Waals surface area contributed by atoms with Crippen LogP contribution in [0.5, 0.6) is 0 Å². The van der Waals surface area contributed by atoms with Gasteiger partial charge < -0.3 is 10.1 Å². The number of rotatable bonds is 7. The fourth-order valence-electron chi connectivity index (χ4n) is 1.92. The highest BCUT2D eigenvalue weighted by Gasteiger charge is 2.24. The summed E-state index contributed by atoms with van der Waals surface area (Å²) in [5, 5.41) is 2.67. The molecule has 0 unspecified atom stereocenters. The molecule has 1 aromatic carbocycles.